The molecule has 2 atom stereocenters. The summed E-state index contributed by atoms with van der Waals surface area (Å²) < 4.78 is 5.46. The number of amides is 2. The fourth-order valence-electron chi connectivity index (χ4n) is 3.36. The maximum atomic E-state index is 12.7. The number of nitrogens with zero attached hydrogens (tertiary/aromatic N) is 1. The van der Waals surface area contributed by atoms with Crippen molar-refractivity contribution in [1.29, 1.82) is 0 Å². The first-order valence-electron chi connectivity index (χ1n) is 8.89. The molecule has 1 aromatic carbocycles. The van der Waals surface area contributed by atoms with E-state index in [0.29, 0.717) is 12.1 Å². The standard InChI is InChI=1S/C20H22N2O4S/c1-3-15-16-11-17(27-10-9-21-13(2)23)18(22(16)19(15)24)20(25)26-12-14-7-5-4-6-8-14/h4-10,15-16H,3,11-12H2,1-2H3,(H,21,23)/b10-9-/t15-,16-/m1/s1. The third-order valence-corrected chi connectivity index (χ3v) is 5.58. The summed E-state index contributed by atoms with van der Waals surface area (Å²) in [6.45, 7) is 3.56. The van der Waals surface area contributed by atoms with Crippen LogP contribution in [0.1, 0.15) is 32.3 Å². The van der Waals surface area contributed by atoms with Gasteiger partial charge in [-0.3, -0.25) is 9.59 Å². The van der Waals surface area contributed by atoms with Gasteiger partial charge < -0.3 is 15.0 Å². The molecule has 2 aliphatic rings. The van der Waals surface area contributed by atoms with Gasteiger partial charge in [-0.15, -0.1) is 0 Å². The Morgan fingerprint density at radius 1 is 1.33 bits per heavy atom. The van der Waals surface area contributed by atoms with Gasteiger partial charge in [0.05, 0.1) is 12.0 Å². The van der Waals surface area contributed by atoms with Crippen LogP contribution in [0.25, 0.3) is 0 Å². The third-order valence-electron chi connectivity index (χ3n) is 4.66. The Morgan fingerprint density at radius 3 is 2.74 bits per heavy atom. The molecule has 0 bridgehead atoms. The van der Waals surface area contributed by atoms with E-state index in [0.717, 1.165) is 16.9 Å². The molecule has 142 valence electrons. The summed E-state index contributed by atoms with van der Waals surface area (Å²) >= 11 is 1.34. The summed E-state index contributed by atoms with van der Waals surface area (Å²) in [6.07, 6.45) is 2.92. The van der Waals surface area contributed by atoms with E-state index in [4.69, 9.17) is 4.74 Å². The topological polar surface area (TPSA) is 75.7 Å². The Balaban J connectivity index is 1.74. The molecule has 2 amide bonds. The lowest BCUT2D eigenvalue weighted by Crippen LogP contribution is -2.58. The van der Waals surface area contributed by atoms with E-state index in [9.17, 15) is 14.4 Å². The van der Waals surface area contributed by atoms with E-state index in [1.54, 1.807) is 10.3 Å². The number of fused-ring (bicyclic) bond motifs is 1. The van der Waals surface area contributed by atoms with Gasteiger partial charge in [0, 0.05) is 24.4 Å². The maximum Gasteiger partial charge on any atom is 0.356 e. The number of β-lactam (4-membered cyclic amide) rings is 1. The second-order valence-electron chi connectivity index (χ2n) is 6.45. The molecular formula is C20H22N2O4S. The summed E-state index contributed by atoms with van der Waals surface area (Å²) in [4.78, 5) is 38.5. The Bertz CT molecular complexity index is 803. The van der Waals surface area contributed by atoms with Gasteiger partial charge in [-0.25, -0.2) is 4.79 Å². The van der Waals surface area contributed by atoms with Crippen molar-refractivity contribution < 1.29 is 19.1 Å². The Morgan fingerprint density at radius 2 is 2.07 bits per heavy atom. The van der Waals surface area contributed by atoms with Crippen LogP contribution in [0.3, 0.4) is 0 Å². The number of nitrogens with one attached hydrogen (secondary N) is 1. The molecule has 0 aromatic heterocycles. The van der Waals surface area contributed by atoms with Gasteiger partial charge in [0.2, 0.25) is 11.8 Å². The average molecular weight is 386 g/mol. The normalized spacial score (nSPS) is 21.3. The largest absolute Gasteiger partial charge is 0.456 e. The molecule has 2 aliphatic heterocycles. The second kappa shape index (κ2) is 8.43. The van der Waals surface area contributed by atoms with Gasteiger partial charge in [0.1, 0.15) is 12.3 Å². The zero-order valence-electron chi connectivity index (χ0n) is 15.3. The lowest BCUT2D eigenvalue weighted by Gasteiger charge is -2.43. The molecule has 2 heterocycles. The SMILES string of the molecule is CC[C@H]1C(=O)N2C(C(=O)OCc3ccccc3)=C(S/C=C\NC(C)=O)C[C@H]12. The highest BCUT2D eigenvalue weighted by Gasteiger charge is 2.54. The molecule has 7 heteroatoms. The second-order valence-corrected chi connectivity index (χ2v) is 7.45. The van der Waals surface area contributed by atoms with Crippen LogP contribution >= 0.6 is 11.8 Å². The fourth-order valence-corrected chi connectivity index (χ4v) is 4.22. The van der Waals surface area contributed by atoms with Crippen molar-refractivity contribution in [2.24, 2.45) is 5.92 Å². The monoisotopic (exact) mass is 386 g/mol. The molecule has 3 rings (SSSR count). The van der Waals surface area contributed by atoms with Crippen molar-refractivity contribution >= 4 is 29.5 Å². The molecular weight excluding hydrogens is 364 g/mol. The van der Waals surface area contributed by atoms with Crippen LogP contribution in [0, 0.1) is 5.92 Å². The molecule has 1 fully saturated rings. The van der Waals surface area contributed by atoms with Crippen molar-refractivity contribution in [3.63, 3.8) is 0 Å². The van der Waals surface area contributed by atoms with Gasteiger partial charge in [0.25, 0.3) is 0 Å². The summed E-state index contributed by atoms with van der Waals surface area (Å²) in [7, 11) is 0. The number of hydrogen-bond donors (Lipinski definition) is 1. The van der Waals surface area contributed by atoms with Crippen LogP contribution in [0.15, 0.2) is 52.5 Å². The minimum atomic E-state index is -0.486. The molecule has 1 N–H and O–H groups in total. The van der Waals surface area contributed by atoms with Gasteiger partial charge in [-0.1, -0.05) is 49.0 Å². The predicted octanol–water partition coefficient (Wildman–Crippen LogP) is 2.92. The molecule has 0 radical (unpaired) electrons. The van der Waals surface area contributed by atoms with E-state index in [1.165, 1.54) is 24.9 Å². The number of rotatable bonds is 7. The minimum absolute atomic E-state index is 0.0180. The number of hydrogen-bond acceptors (Lipinski definition) is 5. The average Bonchev–Trinajstić information content (AvgIpc) is 2.99. The maximum absolute atomic E-state index is 12.7. The van der Waals surface area contributed by atoms with Crippen LogP contribution in [0.4, 0.5) is 0 Å². The molecule has 0 unspecified atom stereocenters. The zero-order chi connectivity index (χ0) is 19.4. The van der Waals surface area contributed by atoms with E-state index in [1.807, 2.05) is 37.3 Å². The van der Waals surface area contributed by atoms with Crippen molar-refractivity contribution in [1.82, 2.24) is 10.2 Å². The number of esters is 1. The van der Waals surface area contributed by atoms with Crippen LogP contribution in [-0.2, 0) is 25.7 Å². The van der Waals surface area contributed by atoms with Crippen molar-refractivity contribution in [3.8, 4) is 0 Å². The van der Waals surface area contributed by atoms with Gasteiger partial charge >= 0.3 is 5.97 Å². The molecule has 1 saturated heterocycles. The Kier molecular flexibility index (Phi) is 6.01. The highest BCUT2D eigenvalue weighted by Crippen LogP contribution is 2.47. The van der Waals surface area contributed by atoms with Crippen LogP contribution < -0.4 is 5.32 Å². The quantitative estimate of drug-likeness (QED) is 0.576. The van der Waals surface area contributed by atoms with Crippen LogP contribution in [0.2, 0.25) is 0 Å². The van der Waals surface area contributed by atoms with Gasteiger partial charge in [-0.2, -0.15) is 0 Å². The predicted molar refractivity (Wildman–Crippen MR) is 103 cm³/mol. The van der Waals surface area contributed by atoms with E-state index < -0.39 is 5.97 Å². The highest BCUT2D eigenvalue weighted by molar-refractivity contribution is 8.05. The zero-order valence-corrected chi connectivity index (χ0v) is 16.1. The number of ether oxygens (including phenoxy) is 1. The van der Waals surface area contributed by atoms with Crippen LogP contribution in [0.5, 0.6) is 0 Å². The number of carbonyl (C=O) groups excluding carboxylic acids is 3. The Labute approximate surface area is 162 Å². The number of carbonyl (C=O) groups is 3. The first-order chi connectivity index (χ1) is 13.0. The van der Waals surface area contributed by atoms with E-state index in [2.05, 4.69) is 5.32 Å². The molecule has 0 spiro atoms. The lowest BCUT2D eigenvalue weighted by molar-refractivity contribution is -0.157. The molecule has 0 saturated carbocycles. The summed E-state index contributed by atoms with van der Waals surface area (Å²) in [6, 6.07) is 9.45. The summed E-state index contributed by atoms with van der Waals surface area (Å²) in [5, 5.41) is 4.27. The summed E-state index contributed by atoms with van der Waals surface area (Å²) in [5.74, 6) is -0.713. The first kappa shape index (κ1) is 19.2. The summed E-state index contributed by atoms with van der Waals surface area (Å²) in [5.41, 5.74) is 1.23. The fraction of sp³-hybridized carbons (Fsp3) is 0.350. The van der Waals surface area contributed by atoms with E-state index in [-0.39, 0.29) is 30.4 Å². The first-order valence-corrected chi connectivity index (χ1v) is 9.77. The number of thioether (sulfide) groups is 1. The minimum Gasteiger partial charge on any atom is -0.456 e. The van der Waals surface area contributed by atoms with Crippen molar-refractivity contribution in [3.05, 3.63) is 58.1 Å². The van der Waals surface area contributed by atoms with Crippen molar-refractivity contribution in [2.45, 2.75) is 39.3 Å². The van der Waals surface area contributed by atoms with Gasteiger partial charge in [-0.05, 0) is 17.4 Å². The lowest BCUT2D eigenvalue weighted by atomic mass is 9.85. The molecule has 27 heavy (non-hydrogen) atoms. The smallest absolute Gasteiger partial charge is 0.356 e. The molecule has 1 aromatic rings. The van der Waals surface area contributed by atoms with Crippen molar-refractivity contribution in [2.75, 3.05) is 0 Å². The Hall–Kier alpha value is -2.54. The van der Waals surface area contributed by atoms with Crippen LogP contribution in [-0.4, -0.2) is 28.7 Å². The highest BCUT2D eigenvalue weighted by atomic mass is 32.2. The number of benzene rings is 1. The van der Waals surface area contributed by atoms with Gasteiger partial charge in [0.15, 0.2) is 0 Å². The molecule has 0 aliphatic carbocycles. The molecule has 6 nitrogen and oxygen atoms in total. The van der Waals surface area contributed by atoms with E-state index >= 15 is 0 Å². The third kappa shape index (κ3) is 4.08.